The summed E-state index contributed by atoms with van der Waals surface area (Å²) in [5, 5.41) is 0. The van der Waals surface area contributed by atoms with Gasteiger partial charge >= 0.3 is 9.53 Å². The van der Waals surface area contributed by atoms with Crippen LogP contribution in [0, 0.1) is 5.82 Å². The molecule has 0 heterocycles. The molecule has 0 radical (unpaired) electrons. The second kappa shape index (κ2) is 10.0. The number of hydrogen-bond donors (Lipinski definition) is 0. The highest BCUT2D eigenvalue weighted by atomic mass is 28.3. The maximum atomic E-state index is 13.0. The first-order chi connectivity index (χ1) is 9.65. The van der Waals surface area contributed by atoms with Crippen molar-refractivity contribution in [2.75, 3.05) is 14.2 Å². The van der Waals surface area contributed by atoms with Gasteiger partial charge < -0.3 is 13.3 Å². The van der Waals surface area contributed by atoms with Crippen LogP contribution in [0.25, 0.3) is 0 Å². The van der Waals surface area contributed by atoms with Gasteiger partial charge in [0.15, 0.2) is 0 Å². The molecular weight excluding hydrogens is 275 g/mol. The number of benzene rings is 1. The van der Waals surface area contributed by atoms with Crippen molar-refractivity contribution < 1.29 is 17.7 Å². The van der Waals surface area contributed by atoms with Crippen molar-refractivity contribution in [1.82, 2.24) is 0 Å². The van der Waals surface area contributed by atoms with Crippen LogP contribution in [0.3, 0.4) is 0 Å². The molecule has 1 aromatic rings. The van der Waals surface area contributed by atoms with Crippen molar-refractivity contribution in [3.63, 3.8) is 0 Å². The fraction of sp³-hybridized carbons (Fsp3) is 0.600. The van der Waals surface area contributed by atoms with Crippen LogP contribution in [0.2, 0.25) is 0 Å². The minimum absolute atomic E-state index is 0.153. The van der Waals surface area contributed by atoms with Crippen LogP contribution in [0.1, 0.15) is 38.2 Å². The third kappa shape index (κ3) is 7.14. The van der Waals surface area contributed by atoms with Gasteiger partial charge in [-0.2, -0.15) is 0 Å². The van der Waals surface area contributed by atoms with E-state index in [4.69, 9.17) is 13.3 Å². The van der Waals surface area contributed by atoms with Crippen LogP contribution >= 0.6 is 0 Å². The Kier molecular flexibility index (Phi) is 8.69. The summed E-state index contributed by atoms with van der Waals surface area (Å²) in [5.74, 6) is -0.153. The van der Waals surface area contributed by atoms with Crippen molar-refractivity contribution in [2.45, 2.75) is 45.1 Å². The zero-order valence-corrected chi connectivity index (χ0v) is 13.8. The Bertz CT molecular complexity index is 372. The summed E-state index contributed by atoms with van der Waals surface area (Å²) in [6.45, 7) is 2.05. The van der Waals surface area contributed by atoms with Crippen LogP contribution in [0.15, 0.2) is 24.3 Å². The van der Waals surface area contributed by atoms with Gasteiger partial charge in [-0.15, -0.1) is 0 Å². The summed E-state index contributed by atoms with van der Waals surface area (Å²) in [6, 6.07) is 6.83. The third-order valence-electron chi connectivity index (χ3n) is 3.19. The van der Waals surface area contributed by atoms with E-state index in [1.807, 2.05) is 13.0 Å². The molecule has 1 atom stereocenters. The minimum Gasteiger partial charge on any atom is -0.379 e. The third-order valence-corrected chi connectivity index (χ3v) is 4.65. The molecular formula is C15H25FO3Si. The van der Waals surface area contributed by atoms with Gasteiger partial charge in [0.2, 0.25) is 0 Å². The lowest BCUT2D eigenvalue weighted by Gasteiger charge is -2.17. The lowest BCUT2D eigenvalue weighted by molar-refractivity contribution is 0.0893. The molecule has 1 unspecified atom stereocenters. The maximum Gasteiger partial charge on any atom is 0.483 e. The first kappa shape index (κ1) is 17.3. The summed E-state index contributed by atoms with van der Waals surface area (Å²) in [4.78, 5) is 0. The predicted octanol–water partition coefficient (Wildman–Crippen LogP) is 3.34. The van der Waals surface area contributed by atoms with Crippen molar-refractivity contribution in [3.05, 3.63) is 35.6 Å². The summed E-state index contributed by atoms with van der Waals surface area (Å²) >= 11 is 0. The average Bonchev–Trinajstić information content (AvgIpc) is 2.44. The van der Waals surface area contributed by atoms with E-state index in [0.717, 1.165) is 37.7 Å². The van der Waals surface area contributed by atoms with Gasteiger partial charge in [-0.05, 0) is 43.9 Å². The lowest BCUT2D eigenvalue weighted by atomic mass is 10.1. The molecule has 0 saturated heterocycles. The Hall–Kier alpha value is -0.753. The number of rotatable bonds is 10. The zero-order valence-electron chi connectivity index (χ0n) is 12.6. The fourth-order valence-electron chi connectivity index (χ4n) is 2.10. The summed E-state index contributed by atoms with van der Waals surface area (Å²) < 4.78 is 28.9. The first-order valence-corrected chi connectivity index (χ1v) is 8.52. The highest BCUT2D eigenvalue weighted by Gasteiger charge is 2.15. The van der Waals surface area contributed by atoms with Crippen LogP contribution in [0.5, 0.6) is 0 Å². The molecule has 3 nitrogen and oxygen atoms in total. The number of aryl methyl sites for hydroxylation is 1. The fourth-order valence-corrected chi connectivity index (χ4v) is 3.03. The Labute approximate surface area is 123 Å². The van der Waals surface area contributed by atoms with Gasteiger partial charge in [-0.1, -0.05) is 25.0 Å². The van der Waals surface area contributed by atoms with Crippen LogP contribution in [-0.2, 0) is 19.7 Å². The predicted molar refractivity (Wildman–Crippen MR) is 80.3 cm³/mol. The normalized spacial score (nSPS) is 12.8. The van der Waals surface area contributed by atoms with Gasteiger partial charge in [0.25, 0.3) is 0 Å². The molecule has 0 aliphatic carbocycles. The molecule has 0 saturated carbocycles. The van der Waals surface area contributed by atoms with Crippen LogP contribution in [0.4, 0.5) is 4.39 Å². The van der Waals surface area contributed by atoms with E-state index < -0.39 is 9.53 Å². The van der Waals surface area contributed by atoms with E-state index in [1.54, 1.807) is 26.4 Å². The average molecular weight is 300 g/mol. The topological polar surface area (TPSA) is 27.7 Å². The smallest absolute Gasteiger partial charge is 0.379 e. The minimum atomic E-state index is -1.91. The first-order valence-electron chi connectivity index (χ1n) is 7.11. The molecule has 0 aliphatic rings. The number of halogens is 1. The van der Waals surface area contributed by atoms with Crippen LogP contribution in [-0.4, -0.2) is 29.9 Å². The molecule has 5 heteroatoms. The van der Waals surface area contributed by atoms with Crippen molar-refractivity contribution in [1.29, 1.82) is 0 Å². The number of hydrogen-bond acceptors (Lipinski definition) is 3. The van der Waals surface area contributed by atoms with Crippen LogP contribution < -0.4 is 0 Å². The molecule has 0 fully saturated rings. The highest BCUT2D eigenvalue weighted by Crippen LogP contribution is 2.12. The summed E-state index contributed by atoms with van der Waals surface area (Å²) in [5.41, 5.74) is 1.07. The largest absolute Gasteiger partial charge is 0.483 e. The van der Waals surface area contributed by atoms with Crippen molar-refractivity contribution >= 4 is 9.53 Å². The molecule has 0 bridgehead atoms. The van der Waals surface area contributed by atoms with E-state index >= 15 is 0 Å². The van der Waals surface area contributed by atoms with E-state index in [0.29, 0.717) is 0 Å². The van der Waals surface area contributed by atoms with Gasteiger partial charge in [-0.3, -0.25) is 0 Å². The Morgan fingerprint density at radius 1 is 1.15 bits per heavy atom. The number of unbranched alkanes of at least 4 members (excludes halogenated alkanes) is 2. The molecule has 0 aromatic heterocycles. The van der Waals surface area contributed by atoms with Gasteiger partial charge in [0.1, 0.15) is 5.82 Å². The Morgan fingerprint density at radius 2 is 1.90 bits per heavy atom. The highest BCUT2D eigenvalue weighted by molar-refractivity contribution is 6.36. The second-order valence-electron chi connectivity index (χ2n) is 4.94. The Morgan fingerprint density at radius 3 is 2.55 bits per heavy atom. The quantitative estimate of drug-likeness (QED) is 0.490. The van der Waals surface area contributed by atoms with Crippen molar-refractivity contribution in [2.24, 2.45) is 0 Å². The molecule has 1 rings (SSSR count). The van der Waals surface area contributed by atoms with E-state index in [1.165, 1.54) is 6.07 Å². The molecule has 0 spiro atoms. The standard InChI is InChI=1S/C15H25FO3Si/c1-13(19-20(17-2)18-3)8-5-4-6-9-14-10-7-11-15(16)12-14/h7,10-13,20H,4-6,8-9H2,1-3H3. The monoisotopic (exact) mass is 300 g/mol. The SMILES string of the molecule is CO[SiH](OC)OC(C)CCCCCc1cccc(F)c1. The molecule has 0 amide bonds. The zero-order chi connectivity index (χ0) is 14.8. The molecule has 20 heavy (non-hydrogen) atoms. The molecule has 0 aliphatic heterocycles. The summed E-state index contributed by atoms with van der Waals surface area (Å²) in [6.07, 6.45) is 5.40. The van der Waals surface area contributed by atoms with E-state index in [9.17, 15) is 4.39 Å². The second-order valence-corrected chi connectivity index (χ2v) is 6.73. The van der Waals surface area contributed by atoms with Crippen molar-refractivity contribution in [3.8, 4) is 0 Å². The summed E-state index contributed by atoms with van der Waals surface area (Å²) in [7, 11) is 1.33. The molecule has 0 N–H and O–H groups in total. The van der Waals surface area contributed by atoms with E-state index in [-0.39, 0.29) is 11.9 Å². The Balaban J connectivity index is 2.10. The van der Waals surface area contributed by atoms with E-state index in [2.05, 4.69) is 0 Å². The molecule has 114 valence electrons. The van der Waals surface area contributed by atoms with Gasteiger partial charge in [-0.25, -0.2) is 4.39 Å². The lowest BCUT2D eigenvalue weighted by Crippen LogP contribution is -2.28. The van der Waals surface area contributed by atoms with Gasteiger partial charge in [0, 0.05) is 20.3 Å². The molecule has 1 aromatic carbocycles. The maximum absolute atomic E-state index is 13.0. The van der Waals surface area contributed by atoms with Gasteiger partial charge in [0.05, 0.1) is 0 Å².